The predicted octanol–water partition coefficient (Wildman–Crippen LogP) is -3.77. The lowest BCUT2D eigenvalue weighted by molar-refractivity contribution is -0.148. The van der Waals surface area contributed by atoms with Gasteiger partial charge in [0.25, 0.3) is 0 Å². The molecule has 2 heterocycles. The number of hydrogen-bond acceptors (Lipinski definition) is 15. The zero-order valence-corrected chi connectivity index (χ0v) is 43.0. The van der Waals surface area contributed by atoms with E-state index in [1.165, 1.54) is 41.0 Å². The largest absolute Gasteiger partial charge is 0.508 e. The molecule has 8 amide bonds. The molecule has 27 nitrogen and oxygen atoms in total. The molecule has 2 aliphatic rings. The molecule has 1 aromatic rings. The number of aliphatic hydroxyl groups is 2. The van der Waals surface area contributed by atoms with Crippen LogP contribution in [-0.2, 0) is 54.4 Å². The van der Waals surface area contributed by atoms with E-state index in [0.717, 1.165) is 0 Å². The zero-order valence-electron chi connectivity index (χ0n) is 43.0. The molecule has 418 valence electrons. The summed E-state index contributed by atoms with van der Waals surface area (Å²) in [7, 11) is 0. The van der Waals surface area contributed by atoms with Crippen molar-refractivity contribution in [1.29, 1.82) is 0 Å². The Morgan fingerprint density at radius 3 is 1.81 bits per heavy atom. The molecule has 0 bridgehead atoms. The normalized spacial score (nSPS) is 18.5. The van der Waals surface area contributed by atoms with Crippen molar-refractivity contribution in [3.05, 3.63) is 29.8 Å². The zero-order chi connectivity index (χ0) is 56.3. The highest BCUT2D eigenvalue weighted by Gasteiger charge is 2.45. The molecule has 0 aliphatic carbocycles. The van der Waals surface area contributed by atoms with Gasteiger partial charge in [-0.1, -0.05) is 39.8 Å². The summed E-state index contributed by atoms with van der Waals surface area (Å²) in [5, 5.41) is 64.3. The summed E-state index contributed by atoms with van der Waals surface area (Å²) in [6.45, 7) is 7.47. The Bertz CT molecular complexity index is 2210. The number of aliphatic carboxylic acids is 2. The fraction of sp³-hybridized carbons (Fsp3) is 0.646. The molecule has 0 aromatic heterocycles. The minimum Gasteiger partial charge on any atom is -0.508 e. The Morgan fingerprint density at radius 1 is 0.693 bits per heavy atom. The number of carbonyl (C=O) groups is 10. The van der Waals surface area contributed by atoms with Gasteiger partial charge in [-0.15, -0.1) is 0 Å². The number of nitrogens with zero attached hydrogens (tertiary/aromatic N) is 3. The number of guanidine groups is 1. The highest BCUT2D eigenvalue weighted by Crippen LogP contribution is 2.27. The number of likely N-dealkylation sites (tertiary alicyclic amines) is 2. The lowest BCUT2D eigenvalue weighted by atomic mass is 10.00. The highest BCUT2D eigenvalue weighted by atomic mass is 16.4. The second-order valence-electron chi connectivity index (χ2n) is 19.6. The van der Waals surface area contributed by atoms with E-state index in [-0.39, 0.29) is 81.7 Å². The molecule has 10 unspecified atom stereocenters. The molecule has 2 saturated heterocycles. The molecule has 17 N–H and O–H groups in total. The summed E-state index contributed by atoms with van der Waals surface area (Å²) in [6, 6.07) is -6.38. The third-order valence-corrected chi connectivity index (χ3v) is 12.7. The maximum Gasteiger partial charge on any atom is 0.326 e. The lowest BCUT2D eigenvalue weighted by Crippen LogP contribution is -2.62. The molecule has 2 aliphatic heterocycles. The molecule has 0 saturated carbocycles. The van der Waals surface area contributed by atoms with E-state index in [2.05, 4.69) is 36.9 Å². The minimum absolute atomic E-state index is 0.00151. The number of carboxylic acids is 2. The Hall–Kier alpha value is -7.13. The third-order valence-electron chi connectivity index (χ3n) is 12.7. The summed E-state index contributed by atoms with van der Waals surface area (Å²) < 4.78 is 0. The number of aromatic hydroxyl groups is 1. The fourth-order valence-corrected chi connectivity index (χ4v) is 8.55. The van der Waals surface area contributed by atoms with E-state index < -0.39 is 139 Å². The smallest absolute Gasteiger partial charge is 0.326 e. The minimum atomic E-state index is -1.68. The van der Waals surface area contributed by atoms with E-state index in [0.29, 0.717) is 18.4 Å². The maximum absolute atomic E-state index is 14.5. The average molecular weight is 1060 g/mol. The summed E-state index contributed by atoms with van der Waals surface area (Å²) in [4.78, 5) is 140. The second-order valence-corrected chi connectivity index (χ2v) is 19.6. The van der Waals surface area contributed by atoms with Crippen molar-refractivity contribution < 1.29 is 73.5 Å². The van der Waals surface area contributed by atoms with E-state index in [1.807, 2.05) is 0 Å². The lowest BCUT2D eigenvalue weighted by Gasteiger charge is -2.34. The van der Waals surface area contributed by atoms with Crippen LogP contribution in [0.15, 0.2) is 29.3 Å². The first-order valence-corrected chi connectivity index (χ1v) is 25.0. The monoisotopic (exact) mass is 1060 g/mol. The Labute approximate surface area is 434 Å². The fourth-order valence-electron chi connectivity index (χ4n) is 8.55. The van der Waals surface area contributed by atoms with E-state index in [9.17, 15) is 68.4 Å². The van der Waals surface area contributed by atoms with Crippen LogP contribution in [0.4, 0.5) is 0 Å². The Morgan fingerprint density at radius 2 is 1.25 bits per heavy atom. The molecule has 10 atom stereocenters. The van der Waals surface area contributed by atoms with Crippen LogP contribution in [0.1, 0.15) is 98.0 Å². The summed E-state index contributed by atoms with van der Waals surface area (Å²) >= 11 is 0. The topological polar surface area (TPSA) is 441 Å². The van der Waals surface area contributed by atoms with Crippen LogP contribution in [0, 0.1) is 11.8 Å². The van der Waals surface area contributed by atoms with Crippen LogP contribution in [0.25, 0.3) is 0 Å². The number of benzene rings is 1. The Kier molecular flexibility index (Phi) is 24.6. The van der Waals surface area contributed by atoms with Crippen LogP contribution >= 0.6 is 0 Å². The van der Waals surface area contributed by atoms with Crippen molar-refractivity contribution in [1.82, 2.24) is 41.7 Å². The van der Waals surface area contributed by atoms with Crippen molar-refractivity contribution in [2.24, 2.45) is 34.0 Å². The number of nitrogens with two attached hydrogens (primary N) is 3. The van der Waals surface area contributed by atoms with Gasteiger partial charge in [0.1, 0.15) is 54.1 Å². The molecule has 27 heteroatoms. The van der Waals surface area contributed by atoms with Gasteiger partial charge in [-0.2, -0.15) is 0 Å². The summed E-state index contributed by atoms with van der Waals surface area (Å²) in [5.41, 5.74) is 17.3. The number of phenolic OH excluding ortho intramolecular Hbond substituents is 1. The van der Waals surface area contributed by atoms with Gasteiger partial charge in [0.05, 0.1) is 18.8 Å². The standard InChI is InChI=1S/C48H76N12O15/c1-24(2)21-32(56-44(71)38(26(5)62)58-40(67)31(55-43(70)37(49)25(3)4)22-27-12-14-28(63)15-13-27)45(72)60-20-8-11-35(60)46(73)59-19-7-10-34(59)42(69)57-33(23-61)41(68)53-29(9-6-18-52-48(50)51)39(66)54-30(47(74)75)16-17-36(64)65/h12-15,24-26,29-35,37-38,61-63H,6-11,16-23,49H2,1-5H3,(H,53,68)(H,54,66)(H,55,70)(H,56,71)(H,57,69)(H,58,67)(H,64,65)(H,74,75)(H4,50,51,52). The number of phenols is 1. The van der Waals surface area contributed by atoms with Gasteiger partial charge >= 0.3 is 11.9 Å². The number of amides is 8. The molecule has 1 aromatic carbocycles. The third kappa shape index (κ3) is 19.3. The quantitative estimate of drug-likeness (QED) is 0.0208. The molecular formula is C48H76N12O15. The van der Waals surface area contributed by atoms with Gasteiger partial charge in [-0.25, -0.2) is 4.79 Å². The van der Waals surface area contributed by atoms with Crippen LogP contribution < -0.4 is 49.1 Å². The SMILES string of the molecule is CC(C)CC(NC(=O)C(NC(=O)C(Cc1ccc(O)cc1)NC(=O)C(N)C(C)C)C(C)O)C(=O)N1CCCC1C(=O)N1CCCC1C(=O)NC(CO)C(=O)NC(CCCN=C(N)N)C(=O)NC(CCC(=O)O)C(=O)O. The number of aliphatic hydroxyl groups excluding tert-OH is 2. The van der Waals surface area contributed by atoms with Crippen molar-refractivity contribution in [2.75, 3.05) is 26.2 Å². The maximum atomic E-state index is 14.5. The van der Waals surface area contributed by atoms with Gasteiger partial charge in [0, 0.05) is 32.5 Å². The van der Waals surface area contributed by atoms with Crippen molar-refractivity contribution in [2.45, 2.75) is 159 Å². The van der Waals surface area contributed by atoms with E-state index in [4.69, 9.17) is 22.3 Å². The molecule has 0 spiro atoms. The van der Waals surface area contributed by atoms with Crippen molar-refractivity contribution >= 4 is 65.2 Å². The van der Waals surface area contributed by atoms with Crippen LogP contribution in [0.2, 0.25) is 0 Å². The molecule has 0 radical (unpaired) electrons. The average Bonchev–Trinajstić information content (AvgIpc) is 4.05. The first-order valence-electron chi connectivity index (χ1n) is 25.0. The van der Waals surface area contributed by atoms with Crippen LogP contribution in [0.3, 0.4) is 0 Å². The number of nitrogens with one attached hydrogen (secondary N) is 6. The molecule has 3 rings (SSSR count). The number of aliphatic imine (C=N–C) groups is 1. The van der Waals surface area contributed by atoms with E-state index >= 15 is 0 Å². The second kappa shape index (κ2) is 29.7. The molecular weight excluding hydrogens is 985 g/mol. The highest BCUT2D eigenvalue weighted by molar-refractivity contribution is 5.98. The van der Waals surface area contributed by atoms with Gasteiger partial charge in [-0.05, 0) is 87.8 Å². The van der Waals surface area contributed by atoms with Crippen LogP contribution in [0.5, 0.6) is 5.75 Å². The van der Waals surface area contributed by atoms with Gasteiger partial charge in [0.15, 0.2) is 5.96 Å². The predicted molar refractivity (Wildman–Crippen MR) is 268 cm³/mol. The molecule has 75 heavy (non-hydrogen) atoms. The summed E-state index contributed by atoms with van der Waals surface area (Å²) in [5.74, 6) is -10.2. The Balaban J connectivity index is 1.78. The van der Waals surface area contributed by atoms with Crippen molar-refractivity contribution in [3.63, 3.8) is 0 Å². The van der Waals surface area contributed by atoms with Gasteiger partial charge < -0.3 is 84.4 Å². The number of rotatable bonds is 29. The van der Waals surface area contributed by atoms with Gasteiger partial charge in [-0.3, -0.25) is 48.1 Å². The number of hydrogen-bond donors (Lipinski definition) is 14. The number of carbonyl (C=O) groups excluding carboxylic acids is 8. The van der Waals surface area contributed by atoms with Crippen molar-refractivity contribution in [3.8, 4) is 5.75 Å². The first kappa shape index (κ1) is 62.2. The first-order chi connectivity index (χ1) is 35.2. The molecule has 2 fully saturated rings. The van der Waals surface area contributed by atoms with Crippen LogP contribution in [-0.4, -0.2) is 187 Å². The van der Waals surface area contributed by atoms with E-state index in [1.54, 1.807) is 27.7 Å². The number of carboxylic acid groups (broad SMARTS) is 2. The summed E-state index contributed by atoms with van der Waals surface area (Å²) in [6.07, 6.45) is -1.65. The van der Waals surface area contributed by atoms with Gasteiger partial charge in [0.2, 0.25) is 47.3 Å².